The smallest absolute Gasteiger partial charge is 0.181 e. The van der Waals surface area contributed by atoms with Gasteiger partial charge in [0.15, 0.2) is 6.29 Å². The van der Waals surface area contributed by atoms with Crippen LogP contribution in [0.2, 0.25) is 0 Å². The minimum absolute atomic E-state index is 0.488. The summed E-state index contributed by atoms with van der Waals surface area (Å²) in [6.45, 7) is 5.40. The lowest BCUT2D eigenvalue weighted by Gasteiger charge is -2.26. The molecule has 4 heteroatoms. The highest BCUT2D eigenvalue weighted by Crippen LogP contribution is 2.31. The van der Waals surface area contributed by atoms with Crippen molar-refractivity contribution in [3.05, 3.63) is 77.5 Å². The molecule has 0 aliphatic carbocycles. The van der Waals surface area contributed by atoms with Crippen LogP contribution in [0, 0.1) is 0 Å². The molecule has 0 saturated carbocycles. The summed E-state index contributed by atoms with van der Waals surface area (Å²) >= 11 is 0. The van der Waals surface area contributed by atoms with Gasteiger partial charge in [0.1, 0.15) is 0 Å². The normalized spacial score (nSPS) is 16.4. The van der Waals surface area contributed by atoms with E-state index >= 15 is 0 Å². The second kappa shape index (κ2) is 8.09. The summed E-state index contributed by atoms with van der Waals surface area (Å²) in [4.78, 5) is 5.83. The third kappa shape index (κ3) is 3.98. The second-order valence-electron chi connectivity index (χ2n) is 7.02. The van der Waals surface area contributed by atoms with E-state index in [1.807, 2.05) is 19.1 Å². The fourth-order valence-electron chi connectivity index (χ4n) is 3.76. The molecule has 0 fully saturated rings. The number of aliphatic hydroxyl groups is 1. The molecule has 2 heterocycles. The summed E-state index contributed by atoms with van der Waals surface area (Å²) in [5.74, 6) is 0. The minimum Gasteiger partial charge on any atom is -0.364 e. The predicted molar refractivity (Wildman–Crippen MR) is 109 cm³/mol. The molecule has 140 valence electrons. The Labute approximate surface area is 160 Å². The van der Waals surface area contributed by atoms with Gasteiger partial charge in [-0.1, -0.05) is 48.5 Å². The second-order valence-corrected chi connectivity index (χ2v) is 7.02. The van der Waals surface area contributed by atoms with Gasteiger partial charge < -0.3 is 14.8 Å². The quantitative estimate of drug-likeness (QED) is 0.636. The molecular formula is C23H26N2O2. The molecule has 0 amide bonds. The SMILES string of the molecule is CCOC(O)c1ccc2c(C3=CCN(Cc4ccccc4)CC3)c[nH]c2c1. The van der Waals surface area contributed by atoms with Crippen molar-refractivity contribution in [3.63, 3.8) is 0 Å². The van der Waals surface area contributed by atoms with Crippen molar-refractivity contribution in [1.29, 1.82) is 0 Å². The monoisotopic (exact) mass is 362 g/mol. The van der Waals surface area contributed by atoms with E-state index in [0.29, 0.717) is 6.61 Å². The van der Waals surface area contributed by atoms with E-state index in [2.05, 4.69) is 58.6 Å². The van der Waals surface area contributed by atoms with Gasteiger partial charge in [-0.2, -0.15) is 0 Å². The molecule has 1 unspecified atom stereocenters. The Bertz CT molecular complexity index is 930. The molecular weight excluding hydrogens is 336 g/mol. The molecule has 2 N–H and O–H groups in total. The van der Waals surface area contributed by atoms with Gasteiger partial charge in [-0.3, -0.25) is 4.90 Å². The number of nitrogens with zero attached hydrogens (tertiary/aromatic N) is 1. The number of nitrogens with one attached hydrogen (secondary N) is 1. The minimum atomic E-state index is -0.869. The highest BCUT2D eigenvalue weighted by molar-refractivity contribution is 5.93. The number of rotatable bonds is 6. The van der Waals surface area contributed by atoms with Gasteiger partial charge in [0.05, 0.1) is 0 Å². The van der Waals surface area contributed by atoms with Crippen LogP contribution in [0.25, 0.3) is 16.5 Å². The first-order valence-electron chi connectivity index (χ1n) is 9.61. The molecule has 0 saturated heterocycles. The van der Waals surface area contributed by atoms with Gasteiger partial charge in [0.2, 0.25) is 0 Å². The lowest BCUT2D eigenvalue weighted by molar-refractivity contribution is -0.0979. The van der Waals surface area contributed by atoms with E-state index in [0.717, 1.165) is 37.1 Å². The van der Waals surface area contributed by atoms with Crippen molar-refractivity contribution in [3.8, 4) is 0 Å². The Kier molecular flexibility index (Phi) is 5.39. The van der Waals surface area contributed by atoms with Crippen molar-refractivity contribution in [1.82, 2.24) is 9.88 Å². The third-order valence-corrected chi connectivity index (χ3v) is 5.20. The lowest BCUT2D eigenvalue weighted by Crippen LogP contribution is -2.27. The van der Waals surface area contributed by atoms with Crippen molar-refractivity contribution >= 4 is 16.5 Å². The number of hydrogen-bond acceptors (Lipinski definition) is 3. The maximum Gasteiger partial charge on any atom is 0.181 e. The molecule has 1 aromatic heterocycles. The molecule has 2 aromatic carbocycles. The van der Waals surface area contributed by atoms with Crippen LogP contribution >= 0.6 is 0 Å². The lowest BCUT2D eigenvalue weighted by atomic mass is 9.98. The van der Waals surface area contributed by atoms with Crippen LogP contribution in [0.5, 0.6) is 0 Å². The van der Waals surface area contributed by atoms with Crippen molar-refractivity contribution in [2.45, 2.75) is 26.2 Å². The van der Waals surface area contributed by atoms with Crippen LogP contribution in [0.1, 0.15) is 36.3 Å². The van der Waals surface area contributed by atoms with E-state index in [1.165, 1.54) is 22.1 Å². The Morgan fingerprint density at radius 1 is 1.19 bits per heavy atom. The predicted octanol–water partition coefficient (Wildman–Crippen LogP) is 4.48. The number of aromatic nitrogens is 1. The van der Waals surface area contributed by atoms with Crippen LogP contribution in [0.4, 0.5) is 0 Å². The molecule has 0 spiro atoms. The number of fused-ring (bicyclic) bond motifs is 1. The Morgan fingerprint density at radius 3 is 2.78 bits per heavy atom. The first-order chi connectivity index (χ1) is 13.2. The van der Waals surface area contributed by atoms with Crippen LogP contribution in [0.15, 0.2) is 60.8 Å². The van der Waals surface area contributed by atoms with Gasteiger partial charge in [-0.05, 0) is 30.5 Å². The zero-order chi connectivity index (χ0) is 18.6. The maximum atomic E-state index is 10.0. The number of ether oxygens (including phenoxy) is 1. The summed E-state index contributed by atoms with van der Waals surface area (Å²) in [6, 6.07) is 16.6. The molecule has 1 aliphatic heterocycles. The molecule has 27 heavy (non-hydrogen) atoms. The topological polar surface area (TPSA) is 48.5 Å². The Morgan fingerprint density at radius 2 is 2.04 bits per heavy atom. The Hall–Kier alpha value is -2.40. The zero-order valence-electron chi connectivity index (χ0n) is 15.7. The first kappa shape index (κ1) is 18.0. The molecule has 3 aromatic rings. The fourth-order valence-corrected chi connectivity index (χ4v) is 3.76. The number of aromatic amines is 1. The summed E-state index contributed by atoms with van der Waals surface area (Å²) in [5.41, 5.74) is 5.84. The van der Waals surface area contributed by atoms with Gasteiger partial charge in [0, 0.05) is 54.5 Å². The highest BCUT2D eigenvalue weighted by atomic mass is 16.6. The van der Waals surface area contributed by atoms with Crippen molar-refractivity contribution < 1.29 is 9.84 Å². The number of benzene rings is 2. The summed E-state index contributed by atoms with van der Waals surface area (Å²) in [5, 5.41) is 11.2. The van der Waals surface area contributed by atoms with Gasteiger partial charge in [0.25, 0.3) is 0 Å². The largest absolute Gasteiger partial charge is 0.364 e. The average Bonchev–Trinajstić information content (AvgIpc) is 3.13. The van der Waals surface area contributed by atoms with Crippen LogP contribution in [-0.2, 0) is 11.3 Å². The highest BCUT2D eigenvalue weighted by Gasteiger charge is 2.17. The molecule has 1 aliphatic rings. The number of H-pyrrole nitrogens is 1. The third-order valence-electron chi connectivity index (χ3n) is 5.20. The molecule has 4 rings (SSSR count). The molecule has 1 atom stereocenters. The van der Waals surface area contributed by atoms with Gasteiger partial charge in [-0.25, -0.2) is 0 Å². The van der Waals surface area contributed by atoms with Crippen LogP contribution in [-0.4, -0.2) is 34.7 Å². The zero-order valence-corrected chi connectivity index (χ0v) is 15.7. The van der Waals surface area contributed by atoms with Crippen LogP contribution in [0.3, 0.4) is 0 Å². The standard InChI is InChI=1S/C23H26N2O2/c1-2-27-23(26)19-8-9-20-21(15-24-22(20)14-19)18-10-12-25(13-11-18)16-17-6-4-3-5-7-17/h3-10,14-15,23-24,26H,2,11-13,16H2,1H3. The maximum absolute atomic E-state index is 10.0. The van der Waals surface area contributed by atoms with Gasteiger partial charge in [-0.15, -0.1) is 0 Å². The Balaban J connectivity index is 1.49. The van der Waals surface area contributed by atoms with Crippen molar-refractivity contribution in [2.24, 2.45) is 0 Å². The van der Waals surface area contributed by atoms with E-state index in [-0.39, 0.29) is 0 Å². The van der Waals surface area contributed by atoms with Crippen molar-refractivity contribution in [2.75, 3.05) is 19.7 Å². The number of hydrogen-bond donors (Lipinski definition) is 2. The van der Waals surface area contributed by atoms with E-state index in [1.54, 1.807) is 0 Å². The summed E-state index contributed by atoms with van der Waals surface area (Å²) < 4.78 is 5.29. The van der Waals surface area contributed by atoms with Gasteiger partial charge >= 0.3 is 0 Å². The molecule has 0 bridgehead atoms. The average molecular weight is 362 g/mol. The molecule has 0 radical (unpaired) electrons. The molecule has 4 nitrogen and oxygen atoms in total. The van der Waals surface area contributed by atoms with E-state index < -0.39 is 6.29 Å². The first-order valence-corrected chi connectivity index (χ1v) is 9.61. The van der Waals surface area contributed by atoms with E-state index in [9.17, 15) is 5.11 Å². The van der Waals surface area contributed by atoms with Crippen LogP contribution < -0.4 is 0 Å². The summed E-state index contributed by atoms with van der Waals surface area (Å²) in [7, 11) is 0. The summed E-state index contributed by atoms with van der Waals surface area (Å²) in [6.07, 6.45) is 4.60. The van der Waals surface area contributed by atoms with E-state index in [4.69, 9.17) is 4.74 Å². The fraction of sp³-hybridized carbons (Fsp3) is 0.304. The number of aliphatic hydroxyl groups excluding tert-OH is 1.